The van der Waals surface area contributed by atoms with Crippen LogP contribution in [0.3, 0.4) is 0 Å². The summed E-state index contributed by atoms with van der Waals surface area (Å²) in [7, 11) is -4.84. The van der Waals surface area contributed by atoms with Crippen LogP contribution in [0.15, 0.2) is 29.2 Å². The molecule has 0 radical (unpaired) electrons. The molecule has 1 rings (SSSR count). The zero-order valence-corrected chi connectivity index (χ0v) is 16.3. The maximum Gasteiger partial charge on any atom is 0.332 e. The molecule has 0 aromatic heterocycles. The van der Waals surface area contributed by atoms with Crippen LogP contribution in [0.1, 0.15) is 19.4 Å². The van der Waals surface area contributed by atoms with Crippen LogP contribution < -0.4 is 4.72 Å². The molecule has 7 nitrogen and oxygen atoms in total. The van der Waals surface area contributed by atoms with E-state index in [9.17, 15) is 18.1 Å². The van der Waals surface area contributed by atoms with Gasteiger partial charge in [0.1, 0.15) is 0 Å². The normalized spacial score (nSPS) is 15.5. The quantitative estimate of drug-likeness (QED) is 0.638. The number of aliphatic hydroxyl groups is 1. The Morgan fingerprint density at radius 1 is 1.17 bits per heavy atom. The van der Waals surface area contributed by atoms with Crippen molar-refractivity contribution in [2.45, 2.75) is 37.8 Å². The van der Waals surface area contributed by atoms with Crippen LogP contribution >= 0.6 is 7.60 Å². The Hall–Kier alpha value is -0.760. The van der Waals surface area contributed by atoms with Gasteiger partial charge in [0.25, 0.3) is 0 Å². The maximum absolute atomic E-state index is 12.5. The number of aliphatic hydroxyl groups excluding tert-OH is 1. The Bertz CT molecular complexity index is 666. The molecule has 0 aliphatic rings. The molecule has 2 atom stereocenters. The van der Waals surface area contributed by atoms with E-state index in [1.807, 2.05) is 6.92 Å². The summed E-state index contributed by atoms with van der Waals surface area (Å²) in [6, 6.07) is 5.54. The molecule has 0 heterocycles. The van der Waals surface area contributed by atoms with Crippen molar-refractivity contribution in [3.63, 3.8) is 0 Å². The highest BCUT2D eigenvalue weighted by Crippen LogP contribution is 2.47. The Morgan fingerprint density at radius 3 is 2.08 bits per heavy atom. The molecule has 0 spiro atoms. The van der Waals surface area contributed by atoms with Crippen molar-refractivity contribution in [1.82, 2.24) is 4.72 Å². The molecule has 0 unspecified atom stereocenters. The first kappa shape index (κ1) is 21.3. The van der Waals surface area contributed by atoms with Gasteiger partial charge in [0.05, 0.1) is 23.2 Å². The van der Waals surface area contributed by atoms with Gasteiger partial charge in [-0.1, -0.05) is 31.5 Å². The average molecular weight is 379 g/mol. The van der Waals surface area contributed by atoms with E-state index >= 15 is 0 Å². The second kappa shape index (κ2) is 8.56. The highest BCUT2D eigenvalue weighted by Gasteiger charge is 2.34. The van der Waals surface area contributed by atoms with E-state index in [2.05, 4.69) is 4.72 Å². The van der Waals surface area contributed by atoms with Crippen molar-refractivity contribution in [1.29, 1.82) is 0 Å². The largest absolute Gasteiger partial charge is 0.391 e. The number of rotatable bonds is 9. The molecule has 0 saturated heterocycles. The summed E-state index contributed by atoms with van der Waals surface area (Å²) in [5, 5.41) is 10.4. The SMILES string of the molecule is COP(=O)(C[C@H](O)[C@@H](NS(=O)(=O)c1ccc(C)cc1)C(C)C)OC. The van der Waals surface area contributed by atoms with Crippen molar-refractivity contribution in [3.8, 4) is 0 Å². The van der Waals surface area contributed by atoms with Gasteiger partial charge >= 0.3 is 7.60 Å². The third kappa shape index (κ3) is 5.65. The summed E-state index contributed by atoms with van der Waals surface area (Å²) in [6.45, 7) is 5.38. The smallest absolute Gasteiger partial charge is 0.332 e. The Balaban J connectivity index is 3.00. The van der Waals surface area contributed by atoms with Crippen LogP contribution in [0.2, 0.25) is 0 Å². The van der Waals surface area contributed by atoms with Gasteiger partial charge in [-0.05, 0) is 25.0 Å². The molecule has 0 saturated carbocycles. The molecule has 0 amide bonds. The average Bonchev–Trinajstić information content (AvgIpc) is 2.52. The number of nitrogens with one attached hydrogen (secondary N) is 1. The Labute approximate surface area is 144 Å². The van der Waals surface area contributed by atoms with Gasteiger partial charge in [0, 0.05) is 14.2 Å². The number of sulfonamides is 1. The van der Waals surface area contributed by atoms with Crippen LogP contribution in [-0.4, -0.2) is 46.1 Å². The fourth-order valence-electron chi connectivity index (χ4n) is 2.19. The van der Waals surface area contributed by atoms with E-state index in [1.54, 1.807) is 26.0 Å². The van der Waals surface area contributed by atoms with Crippen molar-refractivity contribution in [2.24, 2.45) is 5.92 Å². The van der Waals surface area contributed by atoms with E-state index < -0.39 is 29.8 Å². The van der Waals surface area contributed by atoms with Crippen molar-refractivity contribution in [3.05, 3.63) is 29.8 Å². The molecule has 9 heteroatoms. The fraction of sp³-hybridized carbons (Fsp3) is 0.600. The molecule has 1 aromatic carbocycles. The molecular weight excluding hydrogens is 353 g/mol. The Morgan fingerprint density at radius 2 is 1.67 bits per heavy atom. The lowest BCUT2D eigenvalue weighted by molar-refractivity contribution is 0.127. The minimum Gasteiger partial charge on any atom is -0.391 e. The topological polar surface area (TPSA) is 102 Å². The molecule has 24 heavy (non-hydrogen) atoms. The molecular formula is C15H26NO6PS. The summed E-state index contributed by atoms with van der Waals surface area (Å²) in [4.78, 5) is 0.104. The van der Waals surface area contributed by atoms with Crippen LogP contribution in [0, 0.1) is 12.8 Å². The van der Waals surface area contributed by atoms with Gasteiger partial charge < -0.3 is 14.2 Å². The number of hydrogen-bond donors (Lipinski definition) is 2. The van der Waals surface area contributed by atoms with Crippen molar-refractivity contribution in [2.75, 3.05) is 20.4 Å². The van der Waals surface area contributed by atoms with E-state index in [0.29, 0.717) is 0 Å². The zero-order valence-electron chi connectivity index (χ0n) is 14.6. The van der Waals surface area contributed by atoms with Crippen molar-refractivity contribution >= 4 is 17.6 Å². The van der Waals surface area contributed by atoms with E-state index in [0.717, 1.165) is 5.56 Å². The maximum atomic E-state index is 12.5. The van der Waals surface area contributed by atoms with Gasteiger partial charge in [-0.15, -0.1) is 0 Å². The summed E-state index contributed by atoms with van der Waals surface area (Å²) in [5.74, 6) is -0.234. The first-order valence-corrected chi connectivity index (χ1v) is 10.7. The zero-order chi connectivity index (χ0) is 18.5. The monoisotopic (exact) mass is 379 g/mol. The minimum absolute atomic E-state index is 0.104. The van der Waals surface area contributed by atoms with Crippen LogP contribution in [0.25, 0.3) is 0 Å². The summed E-state index contributed by atoms with van der Waals surface area (Å²) in [5.41, 5.74) is 0.940. The molecule has 1 aromatic rings. The number of benzene rings is 1. The molecule has 0 fully saturated rings. The van der Waals surface area contributed by atoms with Crippen molar-refractivity contribution < 1.29 is 27.1 Å². The van der Waals surface area contributed by atoms with Gasteiger partial charge in [0.2, 0.25) is 10.0 Å². The van der Waals surface area contributed by atoms with E-state index in [4.69, 9.17) is 9.05 Å². The van der Waals surface area contributed by atoms with Crippen LogP contribution in [0.5, 0.6) is 0 Å². The van der Waals surface area contributed by atoms with Gasteiger partial charge in [0.15, 0.2) is 0 Å². The number of hydrogen-bond acceptors (Lipinski definition) is 6. The summed E-state index contributed by atoms with van der Waals surface area (Å²) < 4.78 is 49.3. The van der Waals surface area contributed by atoms with Gasteiger partial charge in [-0.3, -0.25) is 4.57 Å². The lowest BCUT2D eigenvalue weighted by Crippen LogP contribution is -2.48. The Kier molecular flexibility index (Phi) is 7.59. The minimum atomic E-state index is -3.82. The second-order valence-electron chi connectivity index (χ2n) is 5.93. The predicted molar refractivity (Wildman–Crippen MR) is 92.6 cm³/mol. The van der Waals surface area contributed by atoms with E-state index in [-0.39, 0.29) is 17.0 Å². The fourth-order valence-corrected chi connectivity index (χ4v) is 4.74. The highest BCUT2D eigenvalue weighted by atomic mass is 32.2. The third-order valence-electron chi connectivity index (χ3n) is 3.72. The van der Waals surface area contributed by atoms with Crippen LogP contribution in [0.4, 0.5) is 0 Å². The lowest BCUT2D eigenvalue weighted by atomic mass is 10.0. The predicted octanol–water partition coefficient (Wildman–Crippen LogP) is 2.14. The molecule has 0 aliphatic heterocycles. The summed E-state index contributed by atoms with van der Waals surface area (Å²) in [6.07, 6.45) is -1.53. The third-order valence-corrected chi connectivity index (χ3v) is 7.13. The molecule has 2 N–H and O–H groups in total. The molecule has 138 valence electrons. The summed E-state index contributed by atoms with van der Waals surface area (Å²) >= 11 is 0. The molecule has 0 bridgehead atoms. The van der Waals surface area contributed by atoms with Gasteiger partial charge in [-0.2, -0.15) is 0 Å². The standard InChI is InChI=1S/C15H26NO6PS/c1-11(2)15(14(17)10-23(18,21-4)22-5)16-24(19,20)13-8-6-12(3)7-9-13/h6-9,11,14-17H,10H2,1-5H3/t14-,15-/m0/s1. The second-order valence-corrected chi connectivity index (χ2v) is 9.96. The lowest BCUT2D eigenvalue weighted by Gasteiger charge is -2.28. The van der Waals surface area contributed by atoms with Crippen LogP contribution in [-0.2, 0) is 23.6 Å². The molecule has 0 aliphatic carbocycles. The first-order valence-electron chi connectivity index (χ1n) is 7.52. The highest BCUT2D eigenvalue weighted by molar-refractivity contribution is 7.89. The van der Waals surface area contributed by atoms with Gasteiger partial charge in [-0.25, -0.2) is 13.1 Å². The number of aryl methyl sites for hydroxylation is 1. The first-order chi connectivity index (χ1) is 11.0. The van der Waals surface area contributed by atoms with E-state index in [1.165, 1.54) is 26.4 Å².